The predicted octanol–water partition coefficient (Wildman–Crippen LogP) is 2.05. The van der Waals surface area contributed by atoms with Gasteiger partial charge in [-0.15, -0.1) is 0 Å². The number of rotatable bonds is 0. The van der Waals surface area contributed by atoms with Crippen molar-refractivity contribution in [2.45, 2.75) is 57.1 Å². The third-order valence-corrected chi connectivity index (χ3v) is 3.66. The van der Waals surface area contributed by atoms with Crippen molar-refractivity contribution in [1.82, 2.24) is 5.32 Å². The molecule has 0 bridgehead atoms. The smallest absolute Gasteiger partial charge is 0.0978 e. The van der Waals surface area contributed by atoms with E-state index in [1.807, 2.05) is 0 Å². The minimum absolute atomic E-state index is 0.158. The summed E-state index contributed by atoms with van der Waals surface area (Å²) in [5.41, 5.74) is 0.346. The highest BCUT2D eigenvalue weighted by atomic mass is 16.5. The Hall–Kier alpha value is -0.0800. The summed E-state index contributed by atoms with van der Waals surface area (Å²) in [5.74, 6) is 0. The predicted molar refractivity (Wildman–Crippen MR) is 49.0 cm³/mol. The van der Waals surface area contributed by atoms with Gasteiger partial charge in [-0.05, 0) is 26.7 Å². The van der Waals surface area contributed by atoms with Gasteiger partial charge in [0.15, 0.2) is 0 Å². The van der Waals surface area contributed by atoms with Crippen molar-refractivity contribution in [1.29, 1.82) is 0 Å². The van der Waals surface area contributed by atoms with Crippen LogP contribution in [-0.2, 0) is 4.74 Å². The third-order valence-electron chi connectivity index (χ3n) is 3.66. The molecule has 0 atom stereocenters. The van der Waals surface area contributed by atoms with Crippen molar-refractivity contribution in [2.75, 3.05) is 6.73 Å². The van der Waals surface area contributed by atoms with Gasteiger partial charge >= 0.3 is 0 Å². The first-order chi connectivity index (χ1) is 5.66. The number of hydrogen-bond donors (Lipinski definition) is 1. The first-order valence-electron chi connectivity index (χ1n) is 5.05. The zero-order valence-electron chi connectivity index (χ0n) is 8.15. The van der Waals surface area contributed by atoms with Crippen LogP contribution in [0.4, 0.5) is 0 Å². The van der Waals surface area contributed by atoms with Crippen molar-refractivity contribution in [3.63, 3.8) is 0 Å². The summed E-state index contributed by atoms with van der Waals surface area (Å²) >= 11 is 0. The van der Waals surface area contributed by atoms with Gasteiger partial charge in [0.2, 0.25) is 0 Å². The molecule has 1 saturated carbocycles. The van der Waals surface area contributed by atoms with E-state index in [0.717, 1.165) is 6.73 Å². The lowest BCUT2D eigenvalue weighted by Crippen LogP contribution is -2.53. The second kappa shape index (κ2) is 2.71. The Morgan fingerprint density at radius 1 is 1.08 bits per heavy atom. The van der Waals surface area contributed by atoms with Crippen molar-refractivity contribution in [3.05, 3.63) is 0 Å². The molecule has 2 aliphatic rings. The summed E-state index contributed by atoms with van der Waals surface area (Å²) in [6.45, 7) is 5.28. The summed E-state index contributed by atoms with van der Waals surface area (Å²) in [6, 6.07) is 0. The van der Waals surface area contributed by atoms with Gasteiger partial charge < -0.3 is 4.74 Å². The highest BCUT2D eigenvalue weighted by molar-refractivity contribution is 5.05. The fourth-order valence-electron chi connectivity index (χ4n) is 2.59. The molecule has 0 aromatic carbocycles. The zero-order chi connectivity index (χ0) is 8.66. The van der Waals surface area contributed by atoms with Crippen molar-refractivity contribution >= 4 is 0 Å². The molecule has 1 N–H and O–H groups in total. The highest BCUT2D eigenvalue weighted by Gasteiger charge is 2.50. The molecule has 0 radical (unpaired) electrons. The van der Waals surface area contributed by atoms with Crippen molar-refractivity contribution in [3.8, 4) is 0 Å². The fourth-order valence-corrected chi connectivity index (χ4v) is 2.59. The van der Waals surface area contributed by atoms with Crippen molar-refractivity contribution < 1.29 is 4.74 Å². The van der Waals surface area contributed by atoms with E-state index in [9.17, 15) is 0 Å². The monoisotopic (exact) mass is 169 g/mol. The Bertz CT molecular complexity index is 171. The molecule has 2 rings (SSSR count). The molecule has 70 valence electrons. The van der Waals surface area contributed by atoms with Crippen molar-refractivity contribution in [2.24, 2.45) is 0 Å². The first kappa shape index (κ1) is 8.52. The number of hydrogen-bond acceptors (Lipinski definition) is 2. The average molecular weight is 169 g/mol. The van der Waals surface area contributed by atoms with E-state index in [1.54, 1.807) is 0 Å². The summed E-state index contributed by atoms with van der Waals surface area (Å²) in [4.78, 5) is 0. The lowest BCUT2D eigenvalue weighted by atomic mass is 9.73. The molecule has 2 fully saturated rings. The van der Waals surface area contributed by atoms with E-state index in [-0.39, 0.29) is 11.1 Å². The molecule has 2 nitrogen and oxygen atoms in total. The molecule has 1 aliphatic carbocycles. The van der Waals surface area contributed by atoms with E-state index in [2.05, 4.69) is 19.2 Å². The average Bonchev–Trinajstić information content (AvgIpc) is 2.30. The van der Waals surface area contributed by atoms with Gasteiger partial charge in [-0.3, -0.25) is 5.32 Å². The van der Waals surface area contributed by atoms with Gasteiger partial charge in [-0.25, -0.2) is 0 Å². The third kappa shape index (κ3) is 1.09. The summed E-state index contributed by atoms with van der Waals surface area (Å²) < 4.78 is 5.89. The minimum atomic E-state index is 0.158. The van der Waals surface area contributed by atoms with Crippen LogP contribution in [0.1, 0.15) is 46.0 Å². The quantitative estimate of drug-likeness (QED) is 0.599. The van der Waals surface area contributed by atoms with Gasteiger partial charge in [0.25, 0.3) is 0 Å². The Morgan fingerprint density at radius 2 is 1.75 bits per heavy atom. The zero-order valence-corrected chi connectivity index (χ0v) is 8.15. The second-order valence-corrected chi connectivity index (χ2v) is 4.65. The SMILES string of the molecule is CC1(C)NCOC12CCCCC2. The van der Waals surface area contributed by atoms with E-state index in [4.69, 9.17) is 4.74 Å². The number of ether oxygens (including phenoxy) is 1. The Kier molecular flexibility index (Phi) is 1.92. The molecule has 12 heavy (non-hydrogen) atoms. The summed E-state index contributed by atoms with van der Waals surface area (Å²) in [5, 5.41) is 3.43. The van der Waals surface area contributed by atoms with Crippen LogP contribution in [-0.4, -0.2) is 17.9 Å². The molecule has 0 aromatic rings. The Labute approximate surface area is 74.7 Å². The standard InChI is InChI=1S/C10H19NO/c1-9(2)10(12-8-11-9)6-4-3-5-7-10/h11H,3-8H2,1-2H3. The molecule has 2 heteroatoms. The second-order valence-electron chi connectivity index (χ2n) is 4.65. The lowest BCUT2D eigenvalue weighted by molar-refractivity contribution is -0.0520. The van der Waals surface area contributed by atoms with Crippen LogP contribution in [0.15, 0.2) is 0 Å². The minimum Gasteiger partial charge on any atom is -0.358 e. The van der Waals surface area contributed by atoms with Gasteiger partial charge in [-0.2, -0.15) is 0 Å². The molecular formula is C10H19NO. The lowest BCUT2D eigenvalue weighted by Gasteiger charge is -2.42. The molecule has 0 unspecified atom stereocenters. The Balaban J connectivity index is 2.17. The van der Waals surface area contributed by atoms with Crippen LogP contribution < -0.4 is 5.32 Å². The molecular weight excluding hydrogens is 150 g/mol. The maximum Gasteiger partial charge on any atom is 0.0978 e. The van der Waals surface area contributed by atoms with E-state index in [1.165, 1.54) is 32.1 Å². The van der Waals surface area contributed by atoms with E-state index in [0.29, 0.717) is 0 Å². The van der Waals surface area contributed by atoms with Crippen LogP contribution in [0.25, 0.3) is 0 Å². The topological polar surface area (TPSA) is 21.3 Å². The molecule has 1 saturated heterocycles. The van der Waals surface area contributed by atoms with Gasteiger partial charge in [0.1, 0.15) is 0 Å². The van der Waals surface area contributed by atoms with E-state index < -0.39 is 0 Å². The molecule has 0 aromatic heterocycles. The van der Waals surface area contributed by atoms with Crippen LogP contribution in [0.3, 0.4) is 0 Å². The van der Waals surface area contributed by atoms with Crippen LogP contribution >= 0.6 is 0 Å². The van der Waals surface area contributed by atoms with Crippen LogP contribution in [0, 0.1) is 0 Å². The normalized spacial score (nSPS) is 32.5. The maximum absolute atomic E-state index is 5.89. The highest BCUT2D eigenvalue weighted by Crippen LogP contribution is 2.42. The Morgan fingerprint density at radius 3 is 2.25 bits per heavy atom. The molecule has 0 amide bonds. The maximum atomic E-state index is 5.89. The largest absolute Gasteiger partial charge is 0.358 e. The first-order valence-corrected chi connectivity index (χ1v) is 5.05. The molecule has 1 heterocycles. The van der Waals surface area contributed by atoms with E-state index >= 15 is 0 Å². The van der Waals surface area contributed by atoms with Gasteiger partial charge in [0.05, 0.1) is 12.3 Å². The van der Waals surface area contributed by atoms with Crippen LogP contribution in [0.2, 0.25) is 0 Å². The van der Waals surface area contributed by atoms with Gasteiger partial charge in [-0.1, -0.05) is 19.3 Å². The number of nitrogens with one attached hydrogen (secondary N) is 1. The summed E-state index contributed by atoms with van der Waals surface area (Å²) in [7, 11) is 0. The molecule has 1 spiro atoms. The molecule has 1 aliphatic heterocycles. The summed E-state index contributed by atoms with van der Waals surface area (Å²) in [6.07, 6.45) is 6.55. The fraction of sp³-hybridized carbons (Fsp3) is 1.00. The van der Waals surface area contributed by atoms with Gasteiger partial charge in [0, 0.05) is 5.54 Å². The van der Waals surface area contributed by atoms with Crippen LogP contribution in [0.5, 0.6) is 0 Å².